The van der Waals surface area contributed by atoms with E-state index in [1.54, 1.807) is 24.3 Å². The summed E-state index contributed by atoms with van der Waals surface area (Å²) in [5.41, 5.74) is 1.45. The van der Waals surface area contributed by atoms with E-state index in [2.05, 4.69) is 6.07 Å². The van der Waals surface area contributed by atoms with Gasteiger partial charge >= 0.3 is 0 Å². The van der Waals surface area contributed by atoms with E-state index in [4.69, 9.17) is 10.00 Å². The lowest BCUT2D eigenvalue weighted by molar-refractivity contribution is 0.112. The van der Waals surface area contributed by atoms with Gasteiger partial charge in [-0.05, 0) is 37.3 Å². The zero-order chi connectivity index (χ0) is 13.0. The van der Waals surface area contributed by atoms with Crippen molar-refractivity contribution in [2.24, 2.45) is 0 Å². The third kappa shape index (κ3) is 2.41. The summed E-state index contributed by atoms with van der Waals surface area (Å²) < 4.78 is 5.54. The molecule has 1 heterocycles. The Morgan fingerprint density at radius 2 is 2.22 bits per heavy atom. The number of nitriles is 1. The Hall–Kier alpha value is -2.12. The Kier molecular flexibility index (Phi) is 3.75. The first-order valence-electron chi connectivity index (χ1n) is 5.50. The van der Waals surface area contributed by atoms with Crippen LogP contribution in [0.3, 0.4) is 0 Å². The quantitative estimate of drug-likeness (QED) is 0.788. The van der Waals surface area contributed by atoms with Crippen molar-refractivity contribution < 1.29 is 9.53 Å². The van der Waals surface area contributed by atoms with Gasteiger partial charge in [0.25, 0.3) is 0 Å². The third-order valence-electron chi connectivity index (χ3n) is 2.42. The predicted octanol–water partition coefficient (Wildman–Crippen LogP) is 3.50. The van der Waals surface area contributed by atoms with E-state index < -0.39 is 0 Å². The lowest BCUT2D eigenvalue weighted by Gasteiger charge is -2.09. The highest BCUT2D eigenvalue weighted by Gasteiger charge is 2.10. The van der Waals surface area contributed by atoms with E-state index in [9.17, 15) is 4.79 Å². The molecule has 0 spiro atoms. The maximum atomic E-state index is 10.8. The fraction of sp³-hybridized carbons (Fsp3) is 0.143. The lowest BCUT2D eigenvalue weighted by Crippen LogP contribution is -1.94. The highest BCUT2D eigenvalue weighted by Crippen LogP contribution is 2.35. The van der Waals surface area contributed by atoms with Crippen LogP contribution in [0.5, 0.6) is 5.75 Å². The van der Waals surface area contributed by atoms with Crippen molar-refractivity contribution in [1.29, 1.82) is 5.26 Å². The summed E-state index contributed by atoms with van der Waals surface area (Å²) in [6.07, 6.45) is 0.804. The van der Waals surface area contributed by atoms with Gasteiger partial charge in [-0.1, -0.05) is 0 Å². The van der Waals surface area contributed by atoms with E-state index in [0.717, 1.165) is 22.5 Å². The molecule has 1 aromatic carbocycles. The standard InChI is InChI=1S/C14H11NO2S/c1-2-17-13-5-3-10(9-16)7-12(13)14-6-4-11(8-15)18-14/h3-7,9H,2H2,1H3. The van der Waals surface area contributed by atoms with Gasteiger partial charge in [-0.25, -0.2) is 0 Å². The number of benzene rings is 1. The first-order valence-corrected chi connectivity index (χ1v) is 6.32. The molecule has 18 heavy (non-hydrogen) atoms. The molecule has 2 rings (SSSR count). The van der Waals surface area contributed by atoms with Crippen molar-refractivity contribution in [3.63, 3.8) is 0 Å². The molecule has 0 aliphatic carbocycles. The Labute approximate surface area is 109 Å². The third-order valence-corrected chi connectivity index (χ3v) is 3.44. The molecule has 0 saturated heterocycles. The average molecular weight is 257 g/mol. The Morgan fingerprint density at radius 1 is 1.39 bits per heavy atom. The molecular weight excluding hydrogens is 246 g/mol. The molecule has 0 aliphatic rings. The number of nitrogens with zero attached hydrogens (tertiary/aromatic N) is 1. The van der Waals surface area contributed by atoms with Crippen LogP contribution in [0.1, 0.15) is 22.2 Å². The van der Waals surface area contributed by atoms with Crippen LogP contribution in [0.15, 0.2) is 30.3 Å². The fourth-order valence-corrected chi connectivity index (χ4v) is 2.46. The van der Waals surface area contributed by atoms with Gasteiger partial charge in [0.15, 0.2) is 0 Å². The van der Waals surface area contributed by atoms with Crippen molar-refractivity contribution in [2.75, 3.05) is 6.61 Å². The summed E-state index contributed by atoms with van der Waals surface area (Å²) in [6.45, 7) is 2.47. The van der Waals surface area contributed by atoms with E-state index in [1.807, 2.05) is 13.0 Å². The highest BCUT2D eigenvalue weighted by molar-refractivity contribution is 7.16. The maximum Gasteiger partial charge on any atom is 0.150 e. The Bertz CT molecular complexity index is 610. The van der Waals surface area contributed by atoms with Gasteiger partial charge in [-0.2, -0.15) is 5.26 Å². The summed E-state index contributed by atoms with van der Waals surface area (Å²) in [5, 5.41) is 8.84. The van der Waals surface area contributed by atoms with Crippen molar-refractivity contribution in [3.05, 3.63) is 40.8 Å². The van der Waals surface area contributed by atoms with E-state index in [-0.39, 0.29) is 0 Å². The molecule has 0 amide bonds. The van der Waals surface area contributed by atoms with Gasteiger partial charge in [0.2, 0.25) is 0 Å². The van der Waals surface area contributed by atoms with Crippen LogP contribution in [0, 0.1) is 11.3 Å². The second-order valence-electron chi connectivity index (χ2n) is 3.58. The van der Waals surface area contributed by atoms with Crippen LogP contribution < -0.4 is 4.74 Å². The molecule has 0 aliphatic heterocycles. The Morgan fingerprint density at radius 3 is 2.83 bits per heavy atom. The molecule has 4 heteroatoms. The van der Waals surface area contributed by atoms with Crippen LogP contribution in [0.2, 0.25) is 0 Å². The monoisotopic (exact) mass is 257 g/mol. The normalized spacial score (nSPS) is 9.78. The molecule has 0 radical (unpaired) electrons. The zero-order valence-electron chi connectivity index (χ0n) is 9.84. The number of hydrogen-bond donors (Lipinski definition) is 0. The molecule has 0 N–H and O–H groups in total. The van der Waals surface area contributed by atoms with E-state index >= 15 is 0 Å². The first-order chi connectivity index (χ1) is 8.78. The largest absolute Gasteiger partial charge is 0.493 e. The molecule has 2 aromatic rings. The molecule has 90 valence electrons. The minimum atomic E-state index is 0.559. The second-order valence-corrected chi connectivity index (χ2v) is 4.67. The number of hydrogen-bond acceptors (Lipinski definition) is 4. The number of thiophene rings is 1. The maximum absolute atomic E-state index is 10.8. The molecule has 1 aromatic heterocycles. The number of carbonyl (C=O) groups is 1. The summed E-state index contributed by atoms with van der Waals surface area (Å²) in [4.78, 5) is 12.4. The topological polar surface area (TPSA) is 50.1 Å². The van der Waals surface area contributed by atoms with Crippen LogP contribution >= 0.6 is 11.3 Å². The molecule has 3 nitrogen and oxygen atoms in total. The number of carbonyl (C=O) groups excluding carboxylic acids is 1. The smallest absolute Gasteiger partial charge is 0.150 e. The van der Waals surface area contributed by atoms with Gasteiger partial charge in [0.05, 0.1) is 6.61 Å². The van der Waals surface area contributed by atoms with Gasteiger partial charge in [-0.15, -0.1) is 11.3 Å². The van der Waals surface area contributed by atoms with E-state index in [0.29, 0.717) is 17.0 Å². The van der Waals surface area contributed by atoms with E-state index in [1.165, 1.54) is 11.3 Å². The molecule has 0 atom stereocenters. The van der Waals surface area contributed by atoms with Gasteiger partial charge < -0.3 is 4.74 Å². The second kappa shape index (κ2) is 5.48. The number of rotatable bonds is 4. The van der Waals surface area contributed by atoms with Crippen molar-refractivity contribution >= 4 is 17.6 Å². The van der Waals surface area contributed by atoms with Crippen molar-refractivity contribution in [3.8, 4) is 22.3 Å². The molecular formula is C14H11NO2S. The summed E-state index contributed by atoms with van der Waals surface area (Å²) in [6, 6.07) is 11.0. The summed E-state index contributed by atoms with van der Waals surface area (Å²) >= 11 is 1.39. The minimum Gasteiger partial charge on any atom is -0.493 e. The predicted molar refractivity (Wildman–Crippen MR) is 71.0 cm³/mol. The van der Waals surface area contributed by atoms with Crippen LogP contribution in [-0.4, -0.2) is 12.9 Å². The highest BCUT2D eigenvalue weighted by atomic mass is 32.1. The lowest BCUT2D eigenvalue weighted by atomic mass is 10.1. The SMILES string of the molecule is CCOc1ccc(C=O)cc1-c1ccc(C#N)s1. The van der Waals surface area contributed by atoms with Crippen LogP contribution in [0.4, 0.5) is 0 Å². The summed E-state index contributed by atoms with van der Waals surface area (Å²) in [7, 11) is 0. The van der Waals surface area contributed by atoms with Crippen molar-refractivity contribution in [2.45, 2.75) is 6.92 Å². The Balaban J connectivity index is 2.52. The fourth-order valence-electron chi connectivity index (χ4n) is 1.64. The first kappa shape index (κ1) is 12.3. The van der Waals surface area contributed by atoms with Crippen LogP contribution in [-0.2, 0) is 0 Å². The zero-order valence-corrected chi connectivity index (χ0v) is 10.7. The number of aldehydes is 1. The van der Waals surface area contributed by atoms with Crippen LogP contribution in [0.25, 0.3) is 10.4 Å². The molecule has 0 bridgehead atoms. The summed E-state index contributed by atoms with van der Waals surface area (Å²) in [5.74, 6) is 0.731. The molecule has 0 fully saturated rings. The average Bonchev–Trinajstić information content (AvgIpc) is 2.88. The minimum absolute atomic E-state index is 0.559. The van der Waals surface area contributed by atoms with Gasteiger partial charge in [0.1, 0.15) is 23.0 Å². The number of ether oxygens (including phenoxy) is 1. The van der Waals surface area contributed by atoms with Gasteiger partial charge in [-0.3, -0.25) is 4.79 Å². The molecule has 0 saturated carbocycles. The molecule has 0 unspecified atom stereocenters. The van der Waals surface area contributed by atoms with Crippen molar-refractivity contribution in [1.82, 2.24) is 0 Å². The van der Waals surface area contributed by atoms with Gasteiger partial charge in [0, 0.05) is 16.0 Å².